The minimum absolute atomic E-state index is 0.237. The third-order valence-electron chi connectivity index (χ3n) is 6.40. The second-order valence-corrected chi connectivity index (χ2v) is 9.62. The Balaban J connectivity index is 3.29. The topological polar surface area (TPSA) is 77.8 Å². The van der Waals surface area contributed by atoms with E-state index in [1.54, 1.807) is 0 Å². The Morgan fingerprint density at radius 3 is 1.19 bits per heavy atom. The Morgan fingerprint density at radius 1 is 0.516 bits per heavy atom. The molecule has 0 rings (SSSR count). The number of aliphatic hydroxyl groups excluding tert-OH is 2. The average molecular weight is 443 g/mol. The van der Waals surface area contributed by atoms with Gasteiger partial charge in [-0.05, 0) is 32.1 Å². The number of rotatable bonds is 25. The van der Waals surface area contributed by atoms with Crippen molar-refractivity contribution in [2.24, 2.45) is 0 Å². The molecule has 0 bridgehead atoms. The molecule has 2 unspecified atom stereocenters. The van der Waals surface area contributed by atoms with Gasteiger partial charge in [-0.2, -0.15) is 0 Å². The SMILES string of the molecule is CCCCCCCCCCC(O)CCC(O)CCCCCCCCCCCCC(=O)O. The Bertz CT molecular complexity index is 372. The molecule has 0 saturated heterocycles. The molecule has 0 aromatic rings. The summed E-state index contributed by atoms with van der Waals surface area (Å²) in [6.45, 7) is 2.25. The van der Waals surface area contributed by atoms with Crippen LogP contribution < -0.4 is 0 Å². The molecule has 0 aromatic carbocycles. The van der Waals surface area contributed by atoms with Gasteiger partial charge in [-0.1, -0.05) is 116 Å². The first-order valence-corrected chi connectivity index (χ1v) is 13.6. The minimum atomic E-state index is -0.680. The first-order chi connectivity index (χ1) is 15.1. The third-order valence-corrected chi connectivity index (χ3v) is 6.40. The number of hydrogen-bond acceptors (Lipinski definition) is 3. The number of carboxylic acid groups (broad SMARTS) is 1. The number of carbonyl (C=O) groups is 1. The van der Waals surface area contributed by atoms with Gasteiger partial charge in [0.1, 0.15) is 0 Å². The maximum Gasteiger partial charge on any atom is 0.303 e. The highest BCUT2D eigenvalue weighted by Gasteiger charge is 2.09. The number of hydrogen-bond donors (Lipinski definition) is 3. The van der Waals surface area contributed by atoms with Gasteiger partial charge in [0.05, 0.1) is 12.2 Å². The predicted octanol–water partition coefficient (Wildman–Crippen LogP) is 7.79. The summed E-state index contributed by atoms with van der Waals surface area (Å²) < 4.78 is 0. The van der Waals surface area contributed by atoms with Crippen LogP contribution in [0.5, 0.6) is 0 Å². The molecule has 2 atom stereocenters. The molecule has 0 radical (unpaired) electrons. The Hall–Kier alpha value is -0.610. The minimum Gasteiger partial charge on any atom is -0.481 e. The van der Waals surface area contributed by atoms with Crippen LogP contribution in [0.4, 0.5) is 0 Å². The summed E-state index contributed by atoms with van der Waals surface area (Å²) in [5.41, 5.74) is 0. The van der Waals surface area contributed by atoms with Crippen LogP contribution in [0.1, 0.15) is 155 Å². The molecular weight excluding hydrogens is 388 g/mol. The summed E-state index contributed by atoms with van der Waals surface area (Å²) in [6.07, 6.45) is 25.0. The van der Waals surface area contributed by atoms with Crippen molar-refractivity contribution >= 4 is 5.97 Å². The molecule has 4 nitrogen and oxygen atoms in total. The summed E-state index contributed by atoms with van der Waals surface area (Å²) in [5.74, 6) is -0.680. The van der Waals surface area contributed by atoms with Gasteiger partial charge in [-0.3, -0.25) is 4.79 Å². The molecule has 4 heteroatoms. The van der Waals surface area contributed by atoms with E-state index in [1.807, 2.05) is 0 Å². The van der Waals surface area contributed by atoms with E-state index in [-0.39, 0.29) is 12.2 Å². The van der Waals surface area contributed by atoms with Gasteiger partial charge >= 0.3 is 5.97 Å². The summed E-state index contributed by atoms with van der Waals surface area (Å²) in [5, 5.41) is 28.9. The third kappa shape index (κ3) is 25.5. The van der Waals surface area contributed by atoms with Gasteiger partial charge in [-0.25, -0.2) is 0 Å². The van der Waals surface area contributed by atoms with Crippen LogP contribution >= 0.6 is 0 Å². The van der Waals surface area contributed by atoms with Gasteiger partial charge in [-0.15, -0.1) is 0 Å². The van der Waals surface area contributed by atoms with Crippen molar-refractivity contribution in [3.8, 4) is 0 Å². The summed E-state index contributed by atoms with van der Waals surface area (Å²) >= 11 is 0. The Morgan fingerprint density at radius 2 is 0.839 bits per heavy atom. The van der Waals surface area contributed by atoms with Crippen molar-refractivity contribution in [3.63, 3.8) is 0 Å². The zero-order chi connectivity index (χ0) is 23.0. The standard InChI is InChI=1S/C27H54O4/c1-2-3-4-5-6-11-14-17-20-25(28)23-24-26(29)21-18-15-12-9-7-8-10-13-16-19-22-27(30)31/h25-26,28-29H,2-24H2,1H3,(H,30,31). The summed E-state index contributed by atoms with van der Waals surface area (Å²) in [7, 11) is 0. The van der Waals surface area contributed by atoms with E-state index < -0.39 is 5.97 Å². The maximum atomic E-state index is 10.4. The molecule has 0 aromatic heterocycles. The first kappa shape index (κ1) is 30.4. The van der Waals surface area contributed by atoms with Crippen LogP contribution in [0.3, 0.4) is 0 Å². The average Bonchev–Trinajstić information content (AvgIpc) is 2.74. The molecule has 0 aliphatic carbocycles. The lowest BCUT2D eigenvalue weighted by Crippen LogP contribution is -2.13. The highest BCUT2D eigenvalue weighted by atomic mass is 16.4. The lowest BCUT2D eigenvalue weighted by atomic mass is 10.00. The van der Waals surface area contributed by atoms with E-state index in [0.29, 0.717) is 6.42 Å². The van der Waals surface area contributed by atoms with E-state index in [0.717, 1.165) is 57.8 Å². The quantitative estimate of drug-likeness (QED) is 0.126. The number of aliphatic hydroxyl groups is 2. The molecular formula is C27H54O4. The number of carboxylic acids is 1. The van der Waals surface area contributed by atoms with Crippen molar-refractivity contribution in [3.05, 3.63) is 0 Å². The molecule has 31 heavy (non-hydrogen) atoms. The molecule has 0 fully saturated rings. The molecule has 0 aliphatic heterocycles. The van der Waals surface area contributed by atoms with E-state index in [9.17, 15) is 15.0 Å². The normalized spacial score (nSPS) is 13.4. The van der Waals surface area contributed by atoms with Crippen LogP contribution in [-0.2, 0) is 4.79 Å². The Labute approximate surface area is 193 Å². The van der Waals surface area contributed by atoms with E-state index in [1.165, 1.54) is 83.5 Å². The number of aliphatic carboxylic acids is 1. The second kappa shape index (κ2) is 24.0. The molecule has 0 saturated carbocycles. The monoisotopic (exact) mass is 442 g/mol. The van der Waals surface area contributed by atoms with Gasteiger partial charge in [0, 0.05) is 6.42 Å². The fraction of sp³-hybridized carbons (Fsp3) is 0.963. The summed E-state index contributed by atoms with van der Waals surface area (Å²) in [6, 6.07) is 0. The molecule has 0 aliphatic rings. The van der Waals surface area contributed by atoms with E-state index in [4.69, 9.17) is 5.11 Å². The van der Waals surface area contributed by atoms with Gasteiger partial charge in [0.15, 0.2) is 0 Å². The zero-order valence-corrected chi connectivity index (χ0v) is 20.7. The highest BCUT2D eigenvalue weighted by Crippen LogP contribution is 2.16. The van der Waals surface area contributed by atoms with Gasteiger partial charge in [0.25, 0.3) is 0 Å². The molecule has 186 valence electrons. The van der Waals surface area contributed by atoms with Gasteiger partial charge in [0.2, 0.25) is 0 Å². The second-order valence-electron chi connectivity index (χ2n) is 9.62. The van der Waals surface area contributed by atoms with Crippen LogP contribution in [-0.4, -0.2) is 33.5 Å². The first-order valence-electron chi connectivity index (χ1n) is 13.6. The zero-order valence-electron chi connectivity index (χ0n) is 20.7. The molecule has 0 heterocycles. The molecule has 3 N–H and O–H groups in total. The van der Waals surface area contributed by atoms with E-state index >= 15 is 0 Å². The van der Waals surface area contributed by atoms with Crippen LogP contribution in [0, 0.1) is 0 Å². The predicted molar refractivity (Wildman–Crippen MR) is 132 cm³/mol. The number of unbranched alkanes of at least 4 members (excludes halogenated alkanes) is 16. The lowest BCUT2D eigenvalue weighted by molar-refractivity contribution is -0.137. The van der Waals surface area contributed by atoms with Gasteiger partial charge < -0.3 is 15.3 Å². The van der Waals surface area contributed by atoms with Crippen LogP contribution in [0.2, 0.25) is 0 Å². The van der Waals surface area contributed by atoms with Crippen molar-refractivity contribution in [1.82, 2.24) is 0 Å². The summed E-state index contributed by atoms with van der Waals surface area (Å²) in [4.78, 5) is 10.4. The largest absolute Gasteiger partial charge is 0.481 e. The van der Waals surface area contributed by atoms with Crippen LogP contribution in [0.15, 0.2) is 0 Å². The Kier molecular flexibility index (Phi) is 23.6. The molecule has 0 spiro atoms. The van der Waals surface area contributed by atoms with E-state index in [2.05, 4.69) is 6.92 Å². The van der Waals surface area contributed by atoms with Crippen molar-refractivity contribution in [2.45, 2.75) is 167 Å². The fourth-order valence-electron chi connectivity index (χ4n) is 4.26. The fourth-order valence-corrected chi connectivity index (χ4v) is 4.26. The molecule has 0 amide bonds. The maximum absolute atomic E-state index is 10.4. The van der Waals surface area contributed by atoms with Crippen molar-refractivity contribution in [1.29, 1.82) is 0 Å². The lowest BCUT2D eigenvalue weighted by Gasteiger charge is -2.14. The smallest absolute Gasteiger partial charge is 0.303 e. The van der Waals surface area contributed by atoms with Crippen molar-refractivity contribution in [2.75, 3.05) is 0 Å². The highest BCUT2D eigenvalue weighted by molar-refractivity contribution is 5.66. The van der Waals surface area contributed by atoms with Crippen LogP contribution in [0.25, 0.3) is 0 Å². The van der Waals surface area contributed by atoms with Crippen molar-refractivity contribution < 1.29 is 20.1 Å².